The van der Waals surface area contributed by atoms with Crippen LogP contribution >= 0.6 is 22.6 Å². The Kier molecular flexibility index (Phi) is 5.92. The molecule has 1 aliphatic heterocycles. The van der Waals surface area contributed by atoms with Crippen molar-refractivity contribution in [2.75, 3.05) is 26.7 Å². The van der Waals surface area contributed by atoms with Crippen LogP contribution in [0.1, 0.15) is 24.8 Å². The lowest BCUT2D eigenvalue weighted by Gasteiger charge is -2.32. The van der Waals surface area contributed by atoms with Gasteiger partial charge in [-0.15, -0.1) is 0 Å². The van der Waals surface area contributed by atoms with E-state index in [0.717, 1.165) is 12.5 Å². The van der Waals surface area contributed by atoms with E-state index in [1.807, 2.05) is 7.05 Å². The number of piperidine rings is 1. The molecule has 1 fully saturated rings. The zero-order chi connectivity index (χ0) is 12.8. The number of rotatable bonds is 5. The van der Waals surface area contributed by atoms with Gasteiger partial charge in [-0.1, -0.05) is 12.1 Å². The summed E-state index contributed by atoms with van der Waals surface area (Å²) in [6, 6.07) is 8.87. The molecule has 0 amide bonds. The van der Waals surface area contributed by atoms with Crippen LogP contribution in [0.2, 0.25) is 0 Å². The van der Waals surface area contributed by atoms with Gasteiger partial charge in [-0.3, -0.25) is 4.90 Å². The third-order valence-electron chi connectivity index (χ3n) is 3.80. The van der Waals surface area contributed by atoms with Crippen molar-refractivity contribution in [1.29, 1.82) is 0 Å². The Bertz CT molecular complexity index is 359. The van der Waals surface area contributed by atoms with Crippen LogP contribution in [0.4, 0.5) is 0 Å². The summed E-state index contributed by atoms with van der Waals surface area (Å²) in [6.07, 6.45) is 4.07. The summed E-state index contributed by atoms with van der Waals surface area (Å²) in [4.78, 5) is 2.60. The standard InChI is InChI=1S/C15H23IN2/c1-17-8-5-13-6-9-18(10-7-13)12-14-3-2-4-15(16)11-14/h2-4,11,13,17H,5-10,12H2,1H3. The minimum absolute atomic E-state index is 0.935. The molecular formula is C15H23IN2. The van der Waals surface area contributed by atoms with Gasteiger partial charge in [-0.05, 0) is 92.1 Å². The summed E-state index contributed by atoms with van der Waals surface area (Å²) in [5, 5.41) is 3.26. The van der Waals surface area contributed by atoms with Crippen LogP contribution in [0.15, 0.2) is 24.3 Å². The number of nitrogens with one attached hydrogen (secondary N) is 1. The number of hydrogen-bond donors (Lipinski definition) is 1. The quantitative estimate of drug-likeness (QED) is 0.814. The Morgan fingerprint density at radius 3 is 2.78 bits per heavy atom. The maximum absolute atomic E-state index is 3.26. The monoisotopic (exact) mass is 358 g/mol. The molecule has 1 heterocycles. The van der Waals surface area contributed by atoms with Gasteiger partial charge in [0.05, 0.1) is 0 Å². The van der Waals surface area contributed by atoms with E-state index in [1.165, 1.54) is 48.0 Å². The maximum Gasteiger partial charge on any atom is 0.0234 e. The third-order valence-corrected chi connectivity index (χ3v) is 4.48. The highest BCUT2D eigenvalue weighted by molar-refractivity contribution is 14.1. The molecule has 0 bridgehead atoms. The molecule has 1 aliphatic rings. The first-order chi connectivity index (χ1) is 8.78. The summed E-state index contributed by atoms with van der Waals surface area (Å²) >= 11 is 2.39. The fraction of sp³-hybridized carbons (Fsp3) is 0.600. The summed E-state index contributed by atoms with van der Waals surface area (Å²) in [5.41, 5.74) is 1.45. The number of hydrogen-bond acceptors (Lipinski definition) is 2. The van der Waals surface area contributed by atoms with Crippen molar-refractivity contribution in [2.24, 2.45) is 5.92 Å². The second-order valence-electron chi connectivity index (χ2n) is 5.24. The average molecular weight is 358 g/mol. The highest BCUT2D eigenvalue weighted by Gasteiger charge is 2.18. The Balaban J connectivity index is 1.76. The van der Waals surface area contributed by atoms with Crippen LogP contribution in [0.3, 0.4) is 0 Å². The summed E-state index contributed by atoms with van der Waals surface area (Å²) in [6.45, 7) is 4.82. The number of likely N-dealkylation sites (tertiary alicyclic amines) is 1. The lowest BCUT2D eigenvalue weighted by Crippen LogP contribution is -2.34. The minimum atomic E-state index is 0.935. The number of benzene rings is 1. The average Bonchev–Trinajstić information content (AvgIpc) is 2.38. The number of nitrogens with zero attached hydrogens (tertiary/aromatic N) is 1. The molecule has 1 saturated heterocycles. The Morgan fingerprint density at radius 2 is 2.11 bits per heavy atom. The molecule has 0 aliphatic carbocycles. The molecule has 18 heavy (non-hydrogen) atoms. The zero-order valence-corrected chi connectivity index (χ0v) is 13.3. The van der Waals surface area contributed by atoms with Gasteiger partial charge in [0.15, 0.2) is 0 Å². The molecule has 0 saturated carbocycles. The van der Waals surface area contributed by atoms with E-state index in [4.69, 9.17) is 0 Å². The van der Waals surface area contributed by atoms with E-state index >= 15 is 0 Å². The van der Waals surface area contributed by atoms with E-state index in [0.29, 0.717) is 0 Å². The predicted molar refractivity (Wildman–Crippen MR) is 85.7 cm³/mol. The molecule has 0 unspecified atom stereocenters. The lowest BCUT2D eigenvalue weighted by molar-refractivity contribution is 0.172. The summed E-state index contributed by atoms with van der Waals surface area (Å²) in [7, 11) is 2.05. The molecule has 1 N–H and O–H groups in total. The molecule has 1 aromatic rings. The fourth-order valence-corrected chi connectivity index (χ4v) is 3.28. The van der Waals surface area contributed by atoms with E-state index < -0.39 is 0 Å². The van der Waals surface area contributed by atoms with Crippen molar-refractivity contribution >= 4 is 22.6 Å². The SMILES string of the molecule is CNCCC1CCN(Cc2cccc(I)c2)CC1. The largest absolute Gasteiger partial charge is 0.320 e. The van der Waals surface area contributed by atoms with Crippen LogP contribution in [0.25, 0.3) is 0 Å². The van der Waals surface area contributed by atoms with Crippen molar-refractivity contribution in [3.8, 4) is 0 Å². The lowest BCUT2D eigenvalue weighted by atomic mass is 9.93. The van der Waals surface area contributed by atoms with Crippen molar-refractivity contribution in [3.05, 3.63) is 33.4 Å². The van der Waals surface area contributed by atoms with Crippen LogP contribution in [0.5, 0.6) is 0 Å². The number of halogens is 1. The maximum atomic E-state index is 3.26. The molecule has 0 aromatic heterocycles. The van der Waals surface area contributed by atoms with E-state index in [-0.39, 0.29) is 0 Å². The van der Waals surface area contributed by atoms with Gasteiger partial charge >= 0.3 is 0 Å². The Morgan fingerprint density at radius 1 is 1.33 bits per heavy atom. The molecule has 0 atom stereocenters. The molecule has 2 nitrogen and oxygen atoms in total. The van der Waals surface area contributed by atoms with Crippen molar-refractivity contribution in [3.63, 3.8) is 0 Å². The molecule has 3 heteroatoms. The predicted octanol–water partition coefficient (Wildman–Crippen LogP) is 3.11. The van der Waals surface area contributed by atoms with E-state index in [9.17, 15) is 0 Å². The first-order valence-corrected chi connectivity index (χ1v) is 7.97. The third kappa shape index (κ3) is 4.52. The minimum Gasteiger partial charge on any atom is -0.320 e. The van der Waals surface area contributed by atoms with Gasteiger partial charge in [0.25, 0.3) is 0 Å². The smallest absolute Gasteiger partial charge is 0.0234 e. The Hall–Kier alpha value is -0.130. The molecule has 0 spiro atoms. The molecule has 0 radical (unpaired) electrons. The molecular weight excluding hydrogens is 335 g/mol. The van der Waals surface area contributed by atoms with Gasteiger partial charge < -0.3 is 5.32 Å². The van der Waals surface area contributed by atoms with Crippen LogP contribution in [0, 0.1) is 9.49 Å². The van der Waals surface area contributed by atoms with E-state index in [2.05, 4.69) is 57.1 Å². The molecule has 100 valence electrons. The molecule has 1 aromatic carbocycles. The first kappa shape index (κ1) is 14.3. The van der Waals surface area contributed by atoms with Crippen molar-refractivity contribution in [1.82, 2.24) is 10.2 Å². The van der Waals surface area contributed by atoms with Crippen LogP contribution in [-0.2, 0) is 6.54 Å². The fourth-order valence-electron chi connectivity index (χ4n) is 2.68. The summed E-state index contributed by atoms with van der Waals surface area (Å²) < 4.78 is 1.34. The Labute approximate surface area is 124 Å². The zero-order valence-electron chi connectivity index (χ0n) is 11.2. The van der Waals surface area contributed by atoms with Gasteiger partial charge in [-0.2, -0.15) is 0 Å². The topological polar surface area (TPSA) is 15.3 Å². The normalized spacial score (nSPS) is 18.1. The van der Waals surface area contributed by atoms with Gasteiger partial charge in [0.1, 0.15) is 0 Å². The summed E-state index contributed by atoms with van der Waals surface area (Å²) in [5.74, 6) is 0.935. The second-order valence-corrected chi connectivity index (χ2v) is 6.49. The van der Waals surface area contributed by atoms with E-state index in [1.54, 1.807) is 0 Å². The highest BCUT2D eigenvalue weighted by atomic mass is 127. The van der Waals surface area contributed by atoms with Gasteiger partial charge in [-0.25, -0.2) is 0 Å². The van der Waals surface area contributed by atoms with Gasteiger partial charge in [0, 0.05) is 10.1 Å². The van der Waals surface area contributed by atoms with Crippen molar-refractivity contribution in [2.45, 2.75) is 25.8 Å². The van der Waals surface area contributed by atoms with Crippen LogP contribution in [-0.4, -0.2) is 31.6 Å². The highest BCUT2D eigenvalue weighted by Crippen LogP contribution is 2.21. The second kappa shape index (κ2) is 7.46. The molecule has 2 rings (SSSR count). The van der Waals surface area contributed by atoms with Crippen LogP contribution < -0.4 is 5.32 Å². The van der Waals surface area contributed by atoms with Crippen molar-refractivity contribution < 1.29 is 0 Å². The van der Waals surface area contributed by atoms with Gasteiger partial charge in [0.2, 0.25) is 0 Å². The first-order valence-electron chi connectivity index (χ1n) is 6.89.